The molecule has 0 aromatic carbocycles. The van der Waals surface area contributed by atoms with Crippen molar-refractivity contribution < 1.29 is 0 Å². The lowest BCUT2D eigenvalue weighted by Crippen LogP contribution is -2.19. The molecular formula is C14H22N2. The zero-order valence-corrected chi connectivity index (χ0v) is 10.2. The fourth-order valence-electron chi connectivity index (χ4n) is 3.82. The first-order chi connectivity index (χ1) is 7.86. The molecule has 0 aliphatic heterocycles. The van der Waals surface area contributed by atoms with E-state index in [9.17, 15) is 0 Å². The number of nitrogens with zero attached hydrogens (tertiary/aromatic N) is 1. The molecule has 88 valence electrons. The minimum Gasteiger partial charge on any atom is -0.350 e. The van der Waals surface area contributed by atoms with Crippen molar-refractivity contribution in [2.24, 2.45) is 17.8 Å². The van der Waals surface area contributed by atoms with E-state index in [0.717, 1.165) is 24.3 Å². The number of aromatic nitrogens is 1. The summed E-state index contributed by atoms with van der Waals surface area (Å²) in [6.07, 6.45) is 8.27. The van der Waals surface area contributed by atoms with Crippen molar-refractivity contribution in [1.29, 1.82) is 0 Å². The summed E-state index contributed by atoms with van der Waals surface area (Å²) in [6.45, 7) is 2.25. The molecule has 2 aliphatic rings. The molecule has 1 heterocycles. The molecule has 0 spiro atoms. The van der Waals surface area contributed by atoms with E-state index in [4.69, 9.17) is 0 Å². The summed E-state index contributed by atoms with van der Waals surface area (Å²) in [5.41, 5.74) is 1.44. The molecule has 1 aromatic heterocycles. The maximum atomic E-state index is 3.25. The Hall–Kier alpha value is -0.760. The Morgan fingerprint density at radius 2 is 2.31 bits per heavy atom. The van der Waals surface area contributed by atoms with Gasteiger partial charge in [-0.3, -0.25) is 0 Å². The summed E-state index contributed by atoms with van der Waals surface area (Å²) < 4.78 is 2.46. The van der Waals surface area contributed by atoms with E-state index in [-0.39, 0.29) is 0 Å². The van der Waals surface area contributed by atoms with E-state index in [2.05, 4.69) is 28.2 Å². The van der Waals surface area contributed by atoms with Gasteiger partial charge in [-0.1, -0.05) is 6.42 Å². The van der Waals surface area contributed by atoms with Crippen molar-refractivity contribution >= 4 is 0 Å². The van der Waals surface area contributed by atoms with Crippen LogP contribution in [0.3, 0.4) is 0 Å². The van der Waals surface area contributed by atoms with Crippen LogP contribution in [0.2, 0.25) is 0 Å². The highest BCUT2D eigenvalue weighted by molar-refractivity contribution is 5.07. The van der Waals surface area contributed by atoms with Crippen molar-refractivity contribution in [1.82, 2.24) is 9.88 Å². The topological polar surface area (TPSA) is 17.0 Å². The van der Waals surface area contributed by atoms with Gasteiger partial charge in [0.15, 0.2) is 0 Å². The van der Waals surface area contributed by atoms with Crippen molar-refractivity contribution in [3.63, 3.8) is 0 Å². The molecule has 2 aliphatic carbocycles. The van der Waals surface area contributed by atoms with E-state index >= 15 is 0 Å². The fourth-order valence-corrected chi connectivity index (χ4v) is 3.82. The minimum absolute atomic E-state index is 0.960. The van der Waals surface area contributed by atoms with E-state index in [1.165, 1.54) is 37.9 Å². The first-order valence-electron chi connectivity index (χ1n) is 6.65. The highest BCUT2D eigenvalue weighted by Gasteiger charge is 2.39. The lowest BCUT2D eigenvalue weighted by Gasteiger charge is -2.23. The quantitative estimate of drug-likeness (QED) is 0.822. The van der Waals surface area contributed by atoms with Crippen molar-refractivity contribution in [2.45, 2.75) is 38.8 Å². The molecule has 2 bridgehead atoms. The first kappa shape index (κ1) is 10.4. The summed E-state index contributed by atoms with van der Waals surface area (Å²) >= 11 is 0. The zero-order chi connectivity index (χ0) is 11.0. The predicted octanol–water partition coefficient (Wildman–Crippen LogP) is 2.64. The molecule has 1 aromatic rings. The SMILES string of the molecule is CNCc1cccn1CC1CC2CCC1C2. The van der Waals surface area contributed by atoms with Crippen LogP contribution < -0.4 is 5.32 Å². The van der Waals surface area contributed by atoms with E-state index < -0.39 is 0 Å². The molecule has 0 amide bonds. The Morgan fingerprint density at radius 1 is 1.38 bits per heavy atom. The molecule has 3 atom stereocenters. The van der Waals surface area contributed by atoms with Crippen LogP contribution in [0.15, 0.2) is 18.3 Å². The Bertz CT molecular complexity index is 355. The fraction of sp³-hybridized carbons (Fsp3) is 0.714. The summed E-state index contributed by atoms with van der Waals surface area (Å²) in [7, 11) is 2.02. The van der Waals surface area contributed by atoms with Gasteiger partial charge in [0.25, 0.3) is 0 Å². The van der Waals surface area contributed by atoms with Crippen molar-refractivity contribution in [3.05, 3.63) is 24.0 Å². The molecule has 0 radical (unpaired) electrons. The molecule has 0 saturated heterocycles. The van der Waals surface area contributed by atoms with Gasteiger partial charge < -0.3 is 9.88 Å². The van der Waals surface area contributed by atoms with Crippen LogP contribution >= 0.6 is 0 Å². The smallest absolute Gasteiger partial charge is 0.0356 e. The number of rotatable bonds is 4. The van der Waals surface area contributed by atoms with Gasteiger partial charge in [-0.25, -0.2) is 0 Å². The number of hydrogen-bond donors (Lipinski definition) is 1. The van der Waals surface area contributed by atoms with Gasteiger partial charge in [0, 0.05) is 25.0 Å². The summed E-state index contributed by atoms with van der Waals surface area (Å²) in [5.74, 6) is 3.06. The molecule has 2 saturated carbocycles. The third-order valence-corrected chi connectivity index (χ3v) is 4.60. The second-order valence-corrected chi connectivity index (χ2v) is 5.62. The average molecular weight is 218 g/mol. The molecule has 16 heavy (non-hydrogen) atoms. The molecule has 2 nitrogen and oxygen atoms in total. The largest absolute Gasteiger partial charge is 0.350 e. The van der Waals surface area contributed by atoms with E-state index in [0.29, 0.717) is 0 Å². The Morgan fingerprint density at radius 3 is 3.00 bits per heavy atom. The van der Waals surface area contributed by atoms with E-state index in [1.807, 2.05) is 7.05 Å². The van der Waals surface area contributed by atoms with Crippen LogP contribution in [0.1, 0.15) is 31.4 Å². The molecule has 3 unspecified atom stereocenters. The second-order valence-electron chi connectivity index (χ2n) is 5.62. The summed E-state index contributed by atoms with van der Waals surface area (Å²) in [5, 5.41) is 3.25. The van der Waals surface area contributed by atoms with Gasteiger partial charge >= 0.3 is 0 Å². The maximum absolute atomic E-state index is 3.25. The highest BCUT2D eigenvalue weighted by atomic mass is 15.0. The monoisotopic (exact) mass is 218 g/mol. The predicted molar refractivity (Wildman–Crippen MR) is 66.1 cm³/mol. The second kappa shape index (κ2) is 4.25. The lowest BCUT2D eigenvalue weighted by molar-refractivity contribution is 0.293. The van der Waals surface area contributed by atoms with Crippen LogP contribution in [0.25, 0.3) is 0 Å². The number of fused-ring (bicyclic) bond motifs is 2. The normalized spacial score (nSPS) is 32.4. The molecule has 3 rings (SSSR count). The van der Waals surface area contributed by atoms with Crippen molar-refractivity contribution in [3.8, 4) is 0 Å². The molecular weight excluding hydrogens is 196 g/mol. The van der Waals surface area contributed by atoms with Gasteiger partial charge in [-0.15, -0.1) is 0 Å². The molecule has 2 fully saturated rings. The number of hydrogen-bond acceptors (Lipinski definition) is 1. The van der Waals surface area contributed by atoms with Crippen LogP contribution in [0.5, 0.6) is 0 Å². The van der Waals surface area contributed by atoms with Crippen LogP contribution in [0.4, 0.5) is 0 Å². The van der Waals surface area contributed by atoms with Gasteiger partial charge in [-0.2, -0.15) is 0 Å². The molecule has 1 N–H and O–H groups in total. The Labute approximate surface area is 98.0 Å². The highest BCUT2D eigenvalue weighted by Crippen LogP contribution is 2.48. The van der Waals surface area contributed by atoms with Crippen LogP contribution in [-0.4, -0.2) is 11.6 Å². The summed E-state index contributed by atoms with van der Waals surface area (Å²) in [6, 6.07) is 4.42. The average Bonchev–Trinajstić information content (AvgIpc) is 2.96. The minimum atomic E-state index is 0.960. The van der Waals surface area contributed by atoms with Crippen LogP contribution in [-0.2, 0) is 13.1 Å². The van der Waals surface area contributed by atoms with Gasteiger partial charge in [-0.05, 0) is 56.2 Å². The van der Waals surface area contributed by atoms with Gasteiger partial charge in [0.1, 0.15) is 0 Å². The molecule has 2 heteroatoms. The third kappa shape index (κ3) is 1.80. The summed E-state index contributed by atoms with van der Waals surface area (Å²) in [4.78, 5) is 0. The third-order valence-electron chi connectivity index (χ3n) is 4.60. The van der Waals surface area contributed by atoms with E-state index in [1.54, 1.807) is 0 Å². The maximum Gasteiger partial charge on any atom is 0.0356 e. The Balaban J connectivity index is 1.67. The van der Waals surface area contributed by atoms with Crippen molar-refractivity contribution in [2.75, 3.05) is 7.05 Å². The standard InChI is InChI=1S/C14H22N2/c1-15-9-14-3-2-6-16(14)10-13-8-11-4-5-12(13)7-11/h2-3,6,11-13,15H,4-5,7-10H2,1H3. The number of nitrogens with one attached hydrogen (secondary N) is 1. The lowest BCUT2D eigenvalue weighted by atomic mass is 9.89. The van der Waals surface area contributed by atoms with Gasteiger partial charge in [0.05, 0.1) is 0 Å². The first-order valence-corrected chi connectivity index (χ1v) is 6.65. The van der Waals surface area contributed by atoms with Crippen LogP contribution in [0, 0.1) is 17.8 Å². The Kier molecular flexibility index (Phi) is 2.76. The van der Waals surface area contributed by atoms with Gasteiger partial charge in [0.2, 0.25) is 0 Å². The zero-order valence-electron chi connectivity index (χ0n) is 10.2.